The second-order valence-corrected chi connectivity index (χ2v) is 7.10. The van der Waals surface area contributed by atoms with E-state index in [1.54, 1.807) is 11.3 Å². The summed E-state index contributed by atoms with van der Waals surface area (Å²) in [6, 6.07) is 10.1. The molecule has 18 heavy (non-hydrogen) atoms. The van der Waals surface area contributed by atoms with E-state index >= 15 is 0 Å². The molecular formula is C13H5Cl2NS2. The average molecular weight is 310 g/mol. The Kier molecular flexibility index (Phi) is 2.33. The van der Waals surface area contributed by atoms with Crippen LogP contribution in [0.25, 0.3) is 30.4 Å². The zero-order valence-corrected chi connectivity index (χ0v) is 12.1. The van der Waals surface area contributed by atoms with Crippen molar-refractivity contribution < 1.29 is 0 Å². The van der Waals surface area contributed by atoms with Crippen LogP contribution < -0.4 is 0 Å². The van der Waals surface area contributed by atoms with Crippen molar-refractivity contribution in [1.29, 1.82) is 0 Å². The second-order valence-electron chi connectivity index (χ2n) is 4.00. The number of rotatable bonds is 0. The Morgan fingerprint density at radius 3 is 2.72 bits per heavy atom. The molecule has 0 saturated carbocycles. The number of fused-ring (bicyclic) bond motifs is 5. The van der Waals surface area contributed by atoms with Gasteiger partial charge in [0, 0.05) is 25.2 Å². The largest absolute Gasteiger partial charge is 0.225 e. The summed E-state index contributed by atoms with van der Waals surface area (Å²) in [5.41, 5.74) is 0.965. The van der Waals surface area contributed by atoms with Crippen LogP contribution >= 0.6 is 45.9 Å². The molecule has 0 saturated heterocycles. The van der Waals surface area contributed by atoms with Gasteiger partial charge < -0.3 is 0 Å². The fourth-order valence-electron chi connectivity index (χ4n) is 2.19. The third-order valence-electron chi connectivity index (χ3n) is 2.93. The molecule has 88 valence electrons. The lowest BCUT2D eigenvalue weighted by Gasteiger charge is -1.93. The monoisotopic (exact) mass is 309 g/mol. The molecule has 0 unspecified atom stereocenters. The number of thiophene rings is 1. The van der Waals surface area contributed by atoms with Gasteiger partial charge in [-0.3, -0.25) is 0 Å². The molecule has 0 N–H and O–H groups in total. The number of nitrogens with zero attached hydrogens (tertiary/aromatic N) is 1. The van der Waals surface area contributed by atoms with E-state index in [2.05, 4.69) is 17.1 Å². The van der Waals surface area contributed by atoms with Crippen molar-refractivity contribution in [2.75, 3.05) is 0 Å². The van der Waals surface area contributed by atoms with E-state index in [-0.39, 0.29) is 0 Å². The highest BCUT2D eigenvalue weighted by atomic mass is 35.5. The number of thiazole rings is 1. The molecule has 0 bridgehead atoms. The van der Waals surface area contributed by atoms with E-state index in [0.29, 0.717) is 4.47 Å². The van der Waals surface area contributed by atoms with Crippen LogP contribution in [-0.4, -0.2) is 4.98 Å². The highest BCUT2D eigenvalue weighted by Crippen LogP contribution is 2.41. The van der Waals surface area contributed by atoms with Crippen LogP contribution in [-0.2, 0) is 0 Å². The average Bonchev–Trinajstić information content (AvgIpc) is 2.86. The van der Waals surface area contributed by atoms with Gasteiger partial charge in [-0.15, -0.1) is 22.7 Å². The van der Waals surface area contributed by atoms with Crippen LogP contribution in [0.3, 0.4) is 0 Å². The lowest BCUT2D eigenvalue weighted by molar-refractivity contribution is 1.51. The van der Waals surface area contributed by atoms with Crippen molar-refractivity contribution in [3.05, 3.63) is 39.8 Å². The Labute approximate surface area is 121 Å². The second kappa shape index (κ2) is 3.81. The molecule has 4 aromatic rings. The molecule has 2 aromatic heterocycles. The minimum Gasteiger partial charge on any atom is -0.225 e. The quantitative estimate of drug-likeness (QED) is 0.390. The Morgan fingerprint density at radius 2 is 1.83 bits per heavy atom. The maximum Gasteiger partial charge on any atom is 0.184 e. The van der Waals surface area contributed by atoms with E-state index in [4.69, 9.17) is 23.2 Å². The number of benzene rings is 2. The summed E-state index contributed by atoms with van der Waals surface area (Å²) < 4.78 is 4.20. The number of hydrogen-bond acceptors (Lipinski definition) is 3. The van der Waals surface area contributed by atoms with Crippen LogP contribution in [0.15, 0.2) is 30.3 Å². The van der Waals surface area contributed by atoms with Crippen LogP contribution in [0.4, 0.5) is 0 Å². The fraction of sp³-hybridized carbons (Fsp3) is 0. The Morgan fingerprint density at radius 1 is 0.944 bits per heavy atom. The molecule has 1 nitrogen and oxygen atoms in total. The molecular weight excluding hydrogens is 305 g/mol. The van der Waals surface area contributed by atoms with Crippen LogP contribution in [0.5, 0.6) is 0 Å². The van der Waals surface area contributed by atoms with Crippen molar-refractivity contribution in [2.45, 2.75) is 0 Å². The smallest absolute Gasteiger partial charge is 0.184 e. The summed E-state index contributed by atoms with van der Waals surface area (Å²) in [6.45, 7) is 0. The molecule has 2 aromatic carbocycles. The van der Waals surface area contributed by atoms with Gasteiger partial charge in [-0.2, -0.15) is 0 Å². The molecule has 2 heterocycles. The minimum absolute atomic E-state index is 0.589. The number of halogens is 2. The fourth-order valence-corrected chi connectivity index (χ4v) is 4.82. The number of hydrogen-bond donors (Lipinski definition) is 0. The molecule has 0 aliphatic rings. The molecule has 5 heteroatoms. The van der Waals surface area contributed by atoms with Gasteiger partial charge in [0.15, 0.2) is 4.47 Å². The molecule has 0 atom stereocenters. The van der Waals surface area contributed by atoms with E-state index in [1.807, 2.05) is 18.2 Å². The lowest BCUT2D eigenvalue weighted by Crippen LogP contribution is -1.69. The Bertz CT molecular complexity index is 907. The van der Waals surface area contributed by atoms with E-state index in [0.717, 1.165) is 15.2 Å². The highest BCUT2D eigenvalue weighted by molar-refractivity contribution is 7.28. The van der Waals surface area contributed by atoms with Crippen molar-refractivity contribution in [2.24, 2.45) is 0 Å². The third kappa shape index (κ3) is 1.48. The summed E-state index contributed by atoms with van der Waals surface area (Å²) in [5.74, 6) is 0. The maximum atomic E-state index is 6.04. The van der Waals surface area contributed by atoms with Gasteiger partial charge in [-0.05, 0) is 24.3 Å². The van der Waals surface area contributed by atoms with Crippen molar-refractivity contribution in [3.63, 3.8) is 0 Å². The summed E-state index contributed by atoms with van der Waals surface area (Å²) in [4.78, 5) is 4.33. The highest BCUT2D eigenvalue weighted by Gasteiger charge is 2.12. The van der Waals surface area contributed by atoms with E-state index in [9.17, 15) is 0 Å². The van der Waals surface area contributed by atoms with Crippen LogP contribution in [0.2, 0.25) is 9.49 Å². The normalized spacial score (nSPS) is 11.9. The molecule has 0 aliphatic heterocycles. The first kappa shape index (κ1) is 11.0. The maximum absolute atomic E-state index is 6.04. The molecule has 0 aliphatic carbocycles. The summed E-state index contributed by atoms with van der Waals surface area (Å²) in [7, 11) is 0. The molecule has 4 rings (SSSR count). The topological polar surface area (TPSA) is 12.9 Å². The van der Waals surface area contributed by atoms with Gasteiger partial charge >= 0.3 is 0 Å². The van der Waals surface area contributed by atoms with Crippen molar-refractivity contribution >= 4 is 76.3 Å². The zero-order valence-electron chi connectivity index (χ0n) is 8.91. The first-order chi connectivity index (χ1) is 8.72. The Balaban J connectivity index is 2.31. The minimum atomic E-state index is 0.589. The molecule has 0 spiro atoms. The summed E-state index contributed by atoms with van der Waals surface area (Å²) in [6.07, 6.45) is 0. The van der Waals surface area contributed by atoms with E-state index < -0.39 is 0 Å². The zero-order chi connectivity index (χ0) is 12.3. The van der Waals surface area contributed by atoms with Gasteiger partial charge in [0.1, 0.15) is 0 Å². The Hall–Kier alpha value is -0.870. The van der Waals surface area contributed by atoms with Gasteiger partial charge in [0.2, 0.25) is 0 Å². The SMILES string of the molecule is Clc1ccc2c(c1)sc1ccc3nc(Cl)sc3c12. The van der Waals surface area contributed by atoms with Gasteiger partial charge in [-0.1, -0.05) is 29.3 Å². The first-order valence-corrected chi connectivity index (χ1v) is 7.68. The summed E-state index contributed by atoms with van der Waals surface area (Å²) in [5, 5.41) is 3.24. The predicted octanol–water partition coefficient (Wildman–Crippen LogP) is 5.97. The van der Waals surface area contributed by atoms with Gasteiger partial charge in [-0.25, -0.2) is 4.98 Å². The standard InChI is InChI=1S/C13H5Cl2NS2/c14-6-1-2-7-10(5-6)17-9-4-3-8-12(11(7)9)18-13(15)16-8/h1-5H. The number of aromatic nitrogens is 1. The lowest BCUT2D eigenvalue weighted by atomic mass is 10.1. The predicted molar refractivity (Wildman–Crippen MR) is 82.5 cm³/mol. The molecule has 0 amide bonds. The third-order valence-corrected chi connectivity index (χ3v) is 5.47. The van der Waals surface area contributed by atoms with Crippen molar-refractivity contribution in [1.82, 2.24) is 4.98 Å². The van der Waals surface area contributed by atoms with Gasteiger partial charge in [0.25, 0.3) is 0 Å². The first-order valence-electron chi connectivity index (χ1n) is 5.29. The molecule has 0 radical (unpaired) electrons. The van der Waals surface area contributed by atoms with Gasteiger partial charge in [0.05, 0.1) is 10.2 Å². The van der Waals surface area contributed by atoms with E-state index in [1.165, 1.54) is 31.5 Å². The van der Waals surface area contributed by atoms with Crippen molar-refractivity contribution in [3.8, 4) is 0 Å². The molecule has 0 fully saturated rings. The summed E-state index contributed by atoms with van der Waals surface area (Å²) >= 11 is 15.3. The van der Waals surface area contributed by atoms with Crippen LogP contribution in [0.1, 0.15) is 0 Å². The van der Waals surface area contributed by atoms with Crippen LogP contribution in [0, 0.1) is 0 Å².